The summed E-state index contributed by atoms with van der Waals surface area (Å²) in [6.07, 6.45) is 1.93. The van der Waals surface area contributed by atoms with Gasteiger partial charge < -0.3 is 24.6 Å². The van der Waals surface area contributed by atoms with Gasteiger partial charge in [0, 0.05) is 11.6 Å². The number of ether oxygens (including phenoxy) is 2. The van der Waals surface area contributed by atoms with Crippen molar-refractivity contribution in [1.29, 1.82) is 0 Å². The number of nitrogens with zero attached hydrogens (tertiary/aromatic N) is 1. The lowest BCUT2D eigenvalue weighted by Crippen LogP contribution is -2.76. The first-order valence-corrected chi connectivity index (χ1v) is 8.50. The van der Waals surface area contributed by atoms with Gasteiger partial charge in [-0.15, -0.1) is 12.4 Å². The molecule has 24 heavy (non-hydrogen) atoms. The first kappa shape index (κ1) is 16.5. The Morgan fingerprint density at radius 1 is 1.33 bits per heavy atom. The average Bonchev–Trinajstić information content (AvgIpc) is 2.90. The molecule has 1 saturated heterocycles. The van der Waals surface area contributed by atoms with Crippen LogP contribution in [0.5, 0.6) is 11.5 Å². The van der Waals surface area contributed by atoms with Gasteiger partial charge in [0.2, 0.25) is 0 Å². The van der Waals surface area contributed by atoms with Gasteiger partial charge in [0.05, 0.1) is 24.2 Å². The van der Waals surface area contributed by atoms with Crippen molar-refractivity contribution in [2.24, 2.45) is 0 Å². The van der Waals surface area contributed by atoms with Gasteiger partial charge >= 0.3 is 0 Å². The van der Waals surface area contributed by atoms with Crippen LogP contribution in [0.2, 0.25) is 0 Å². The summed E-state index contributed by atoms with van der Waals surface area (Å²) in [5.74, 6) is 1.46. The third-order valence-electron chi connectivity index (χ3n) is 6.90. The lowest BCUT2D eigenvalue weighted by molar-refractivity contribution is -0.204. The Kier molecular flexibility index (Phi) is 3.43. The molecule has 1 saturated carbocycles. The van der Waals surface area contributed by atoms with E-state index in [1.807, 2.05) is 6.07 Å². The zero-order chi connectivity index (χ0) is 16.0. The maximum atomic E-state index is 11.8. The zero-order valence-electron chi connectivity index (χ0n) is 14.0. The number of likely N-dealkylation sites (tertiary alicyclic amines) is 1. The standard InChI is InChI=1S/C18H23NO4.ClH/c1-19-8-7-17-14-10-3-4-12(22-2)15(14)23-16(17)11(20)5-6-18(17,21)13(19)9-10;/h3-4,11,13,16,20-21H,5-9H2,1-2H3;1H/t11-,13+,16-,17-,18+;/m0./s1. The minimum atomic E-state index is -0.839. The van der Waals surface area contributed by atoms with Crippen LogP contribution in [0.15, 0.2) is 12.1 Å². The van der Waals surface area contributed by atoms with Crippen LogP contribution in [0.1, 0.15) is 30.4 Å². The van der Waals surface area contributed by atoms with E-state index in [4.69, 9.17) is 9.47 Å². The molecule has 5 nitrogen and oxygen atoms in total. The van der Waals surface area contributed by atoms with Crippen molar-refractivity contribution in [3.8, 4) is 11.5 Å². The molecule has 5 rings (SSSR count). The van der Waals surface area contributed by atoms with Gasteiger partial charge in [-0.1, -0.05) is 6.07 Å². The first-order valence-electron chi connectivity index (χ1n) is 8.50. The maximum absolute atomic E-state index is 11.8. The zero-order valence-corrected chi connectivity index (χ0v) is 14.8. The number of hydrogen-bond donors (Lipinski definition) is 2. The summed E-state index contributed by atoms with van der Waals surface area (Å²) in [5.41, 5.74) is 0.999. The van der Waals surface area contributed by atoms with Gasteiger partial charge in [0.25, 0.3) is 0 Å². The van der Waals surface area contributed by atoms with Crippen LogP contribution < -0.4 is 9.47 Å². The molecule has 2 aliphatic heterocycles. The van der Waals surface area contributed by atoms with E-state index in [0.717, 1.165) is 30.7 Å². The first-order chi connectivity index (χ1) is 11.0. The topological polar surface area (TPSA) is 62.2 Å². The van der Waals surface area contributed by atoms with E-state index in [0.29, 0.717) is 18.6 Å². The van der Waals surface area contributed by atoms with Crippen LogP contribution in [0, 0.1) is 0 Å². The van der Waals surface area contributed by atoms with Crippen molar-refractivity contribution >= 4 is 12.4 Å². The Morgan fingerprint density at radius 3 is 2.88 bits per heavy atom. The van der Waals surface area contributed by atoms with E-state index >= 15 is 0 Å². The molecule has 2 aliphatic carbocycles. The summed E-state index contributed by atoms with van der Waals surface area (Å²) in [6, 6.07) is 4.15. The minimum absolute atomic E-state index is 0. The third-order valence-corrected chi connectivity index (χ3v) is 6.90. The molecule has 0 radical (unpaired) electrons. The molecule has 132 valence electrons. The number of methoxy groups -OCH3 is 1. The molecule has 6 heteroatoms. The summed E-state index contributed by atoms with van der Waals surface area (Å²) in [4.78, 5) is 2.28. The average molecular weight is 354 g/mol. The molecule has 1 aromatic carbocycles. The third kappa shape index (κ3) is 1.57. The number of likely N-dealkylation sites (N-methyl/N-ethyl adjacent to an activating group) is 1. The second-order valence-corrected chi connectivity index (χ2v) is 7.62. The predicted molar refractivity (Wildman–Crippen MR) is 91.3 cm³/mol. The molecular formula is C18H24ClNO4. The van der Waals surface area contributed by atoms with Crippen molar-refractivity contribution in [2.45, 2.75) is 54.9 Å². The summed E-state index contributed by atoms with van der Waals surface area (Å²) < 4.78 is 11.8. The molecular weight excluding hydrogens is 330 g/mol. The van der Waals surface area contributed by atoms with E-state index in [2.05, 4.69) is 18.0 Å². The van der Waals surface area contributed by atoms with Crippen LogP contribution in [-0.4, -0.2) is 59.7 Å². The predicted octanol–water partition coefficient (Wildman–Crippen LogP) is 1.26. The van der Waals surface area contributed by atoms with Crippen molar-refractivity contribution in [2.75, 3.05) is 20.7 Å². The van der Waals surface area contributed by atoms with Crippen molar-refractivity contribution < 1.29 is 19.7 Å². The number of aliphatic hydroxyl groups is 2. The summed E-state index contributed by atoms with van der Waals surface area (Å²) in [5, 5.41) is 22.4. The molecule has 0 unspecified atom stereocenters. The molecule has 2 heterocycles. The fraction of sp³-hybridized carbons (Fsp3) is 0.667. The molecule has 4 aliphatic rings. The van der Waals surface area contributed by atoms with Gasteiger partial charge in [0.15, 0.2) is 11.5 Å². The Balaban J connectivity index is 0.00000146. The minimum Gasteiger partial charge on any atom is -0.493 e. The highest BCUT2D eigenvalue weighted by Crippen LogP contribution is 2.65. The Hall–Kier alpha value is -1.01. The maximum Gasteiger partial charge on any atom is 0.166 e. The summed E-state index contributed by atoms with van der Waals surface area (Å²) >= 11 is 0. The molecule has 1 aromatic rings. The number of piperidine rings is 1. The summed E-state index contributed by atoms with van der Waals surface area (Å²) in [7, 11) is 3.74. The second-order valence-electron chi connectivity index (χ2n) is 7.62. The van der Waals surface area contributed by atoms with Crippen molar-refractivity contribution in [1.82, 2.24) is 4.90 Å². The SMILES string of the molecule is COc1ccc2c3c1O[C@H]1[C@@H](O)CC[C@@]4(O)[C@@H](C2)N(C)CC[C@]314.Cl. The monoisotopic (exact) mass is 353 g/mol. The molecule has 0 amide bonds. The lowest BCUT2D eigenvalue weighted by atomic mass is 9.49. The van der Waals surface area contributed by atoms with E-state index in [1.54, 1.807) is 7.11 Å². The van der Waals surface area contributed by atoms with Gasteiger partial charge in [0.1, 0.15) is 6.10 Å². The molecule has 5 atom stereocenters. The fourth-order valence-corrected chi connectivity index (χ4v) is 5.88. The van der Waals surface area contributed by atoms with Crippen molar-refractivity contribution in [3.63, 3.8) is 0 Å². The highest BCUT2D eigenvalue weighted by molar-refractivity contribution is 5.85. The largest absolute Gasteiger partial charge is 0.493 e. The van der Waals surface area contributed by atoms with Gasteiger partial charge in [-0.2, -0.15) is 0 Å². The van der Waals surface area contributed by atoms with Gasteiger partial charge in [-0.25, -0.2) is 0 Å². The van der Waals surface area contributed by atoms with Crippen LogP contribution >= 0.6 is 12.4 Å². The molecule has 2 fully saturated rings. The van der Waals surface area contributed by atoms with E-state index in [-0.39, 0.29) is 24.6 Å². The van der Waals surface area contributed by atoms with E-state index in [1.165, 1.54) is 5.56 Å². The number of rotatable bonds is 1. The molecule has 1 spiro atoms. The highest BCUT2D eigenvalue weighted by Gasteiger charge is 2.72. The van der Waals surface area contributed by atoms with Crippen molar-refractivity contribution in [3.05, 3.63) is 23.3 Å². The fourth-order valence-electron chi connectivity index (χ4n) is 5.88. The van der Waals surface area contributed by atoms with Crippen LogP contribution in [0.3, 0.4) is 0 Å². The number of aliphatic hydroxyl groups excluding tert-OH is 1. The normalized spacial score (nSPS) is 41.9. The molecule has 2 bridgehead atoms. The van der Waals surface area contributed by atoms with Gasteiger partial charge in [-0.3, -0.25) is 0 Å². The van der Waals surface area contributed by atoms with E-state index < -0.39 is 17.1 Å². The number of benzene rings is 1. The van der Waals surface area contributed by atoms with E-state index in [9.17, 15) is 10.2 Å². The molecule has 2 N–H and O–H groups in total. The Bertz CT molecular complexity index is 698. The number of hydrogen-bond acceptors (Lipinski definition) is 5. The quantitative estimate of drug-likeness (QED) is 0.796. The van der Waals surface area contributed by atoms with Crippen LogP contribution in [0.25, 0.3) is 0 Å². The Labute approximate surface area is 148 Å². The summed E-state index contributed by atoms with van der Waals surface area (Å²) in [6.45, 7) is 0.912. The van der Waals surface area contributed by atoms with Crippen LogP contribution in [0.4, 0.5) is 0 Å². The smallest absolute Gasteiger partial charge is 0.166 e. The van der Waals surface area contributed by atoms with Gasteiger partial charge in [-0.05, 0) is 50.9 Å². The molecule has 0 aromatic heterocycles. The lowest BCUT2D eigenvalue weighted by Gasteiger charge is -2.63. The Morgan fingerprint density at radius 2 is 2.12 bits per heavy atom. The van der Waals surface area contributed by atoms with Crippen LogP contribution in [-0.2, 0) is 11.8 Å². The highest BCUT2D eigenvalue weighted by atomic mass is 35.5. The number of halogens is 1. The second kappa shape index (κ2) is 5.01.